The maximum absolute atomic E-state index is 12.9. The number of nitrogen functional groups attached to an aromatic ring is 1. The Bertz CT molecular complexity index is 1020. The Morgan fingerprint density at radius 1 is 0.658 bits per heavy atom. The number of anilines is 1. The van der Waals surface area contributed by atoms with Gasteiger partial charge >= 0.3 is 237 Å². The van der Waals surface area contributed by atoms with Crippen LogP contribution in [0, 0.1) is 0 Å². The molecule has 2 aromatic rings. The number of rotatable bonds is 5. The summed E-state index contributed by atoms with van der Waals surface area (Å²) in [6.07, 6.45) is 16.7. The van der Waals surface area contributed by atoms with E-state index in [1.807, 2.05) is 42.5 Å². The fourth-order valence-electron chi connectivity index (χ4n) is 7.68. The number of para-hydroxylation sites is 1. The van der Waals surface area contributed by atoms with Crippen LogP contribution in [0.15, 0.2) is 48.5 Å². The molecule has 3 aliphatic carbocycles. The van der Waals surface area contributed by atoms with Crippen molar-refractivity contribution < 1.29 is 32.2 Å². The molecule has 0 aromatic heterocycles. The zero-order chi connectivity index (χ0) is 26.3. The summed E-state index contributed by atoms with van der Waals surface area (Å²) in [5, 5.41) is 0. The molecule has 3 aliphatic rings. The first-order chi connectivity index (χ1) is 17.9. The molecule has 4 nitrogen and oxygen atoms in total. The third-order valence-electron chi connectivity index (χ3n) is 9.26. The molecule has 0 atom stereocenters. The quantitative estimate of drug-likeness (QED) is 0.154. The van der Waals surface area contributed by atoms with Crippen molar-refractivity contribution >= 4 is 25.9 Å². The Morgan fingerprint density at radius 2 is 1.03 bits per heavy atom. The van der Waals surface area contributed by atoms with Crippen molar-refractivity contribution in [2.24, 2.45) is 0 Å². The molecular formula is C31H48NO3PPdS. The van der Waals surface area contributed by atoms with Crippen molar-refractivity contribution in [2.45, 2.75) is 121 Å². The van der Waals surface area contributed by atoms with Gasteiger partial charge in [0.25, 0.3) is 0 Å². The molecule has 0 aliphatic heterocycles. The molecule has 0 bridgehead atoms. The molecule has 0 radical (unpaired) electrons. The van der Waals surface area contributed by atoms with Gasteiger partial charge in [-0.1, -0.05) is 7.43 Å². The topological polar surface area (TPSA) is 83.2 Å². The predicted octanol–water partition coefficient (Wildman–Crippen LogP) is 7.94. The molecule has 0 spiro atoms. The second-order valence-electron chi connectivity index (χ2n) is 11.3. The number of nitrogens with two attached hydrogens (primary N) is 1. The summed E-state index contributed by atoms with van der Waals surface area (Å²) in [7, 11) is -4.14. The second-order valence-corrected chi connectivity index (χ2v) is 20.9. The predicted molar refractivity (Wildman–Crippen MR) is 161 cm³/mol. The van der Waals surface area contributed by atoms with Crippen molar-refractivity contribution in [3.05, 3.63) is 48.5 Å². The molecule has 2 N–H and O–H groups in total. The van der Waals surface area contributed by atoms with Crippen LogP contribution in [0.25, 0.3) is 11.1 Å². The van der Waals surface area contributed by atoms with Crippen LogP contribution in [0.4, 0.5) is 5.69 Å². The van der Waals surface area contributed by atoms with Gasteiger partial charge in [-0.15, -0.1) is 0 Å². The SMILES string of the molecule is C.Nc1ccccc1-c1cccc[c]1[Pd+].O=S(=O)([O-])[PH](C1CCCCC1)(C1CCCCC1)C1CCCCC1. The summed E-state index contributed by atoms with van der Waals surface area (Å²) >= 11 is 3.23. The molecule has 0 saturated heterocycles. The standard InChI is InChI=1S/C18H35O3PS.C12H10N.CH4.Pd/c19-23(20,21)22(16-10-4-1-5-11-16,17-12-6-2-7-13-17)18-14-8-3-9-15-18;13-12-9-5-4-8-11(12)10-6-2-1-3-7-10;;/h16-18,22H,1-15H2,(H,19,20,21);1-6,8-9H,13H2;1H4;/q;;;+1/p-1. The number of hydrogen-bond acceptors (Lipinski definition) is 4. The molecule has 0 unspecified atom stereocenters. The van der Waals surface area contributed by atoms with E-state index in [1.54, 1.807) is 0 Å². The van der Waals surface area contributed by atoms with E-state index in [2.05, 4.69) is 25.3 Å². The molecule has 3 fully saturated rings. The van der Waals surface area contributed by atoms with E-state index in [4.69, 9.17) is 5.73 Å². The Labute approximate surface area is 243 Å². The molecule has 3 saturated carbocycles. The first-order valence-corrected chi connectivity index (χ1v) is 19.5. The molecule has 5 rings (SSSR count). The first-order valence-electron chi connectivity index (χ1n) is 14.4. The molecule has 0 amide bonds. The zero-order valence-corrected chi connectivity index (χ0v) is 25.4. The van der Waals surface area contributed by atoms with Crippen molar-refractivity contribution in [1.29, 1.82) is 0 Å². The molecule has 38 heavy (non-hydrogen) atoms. The summed E-state index contributed by atoms with van der Waals surface area (Å²) in [6.45, 7) is -2.88. The van der Waals surface area contributed by atoms with Crippen LogP contribution in [0.5, 0.6) is 0 Å². The summed E-state index contributed by atoms with van der Waals surface area (Å²) in [6, 6.07) is 16.0. The first kappa shape index (κ1) is 31.8. The Hall–Kier alpha value is -0.758. The monoisotopic (exact) mass is 651 g/mol. The second kappa shape index (κ2) is 14.8. The normalized spacial score (nSPS) is 20.6. The summed E-state index contributed by atoms with van der Waals surface area (Å²) in [5.74, 6) is 0. The summed E-state index contributed by atoms with van der Waals surface area (Å²) in [4.78, 5) is 0. The summed E-state index contributed by atoms with van der Waals surface area (Å²) in [5.41, 5.74) is 9.75. The Balaban J connectivity index is 0.000000229. The average molecular weight is 652 g/mol. The van der Waals surface area contributed by atoms with Crippen LogP contribution in [0.2, 0.25) is 0 Å². The van der Waals surface area contributed by atoms with Crippen molar-refractivity contribution in [1.82, 2.24) is 0 Å². The molecule has 216 valence electrons. The molecule has 0 heterocycles. The van der Waals surface area contributed by atoms with Crippen LogP contribution in [-0.2, 0) is 28.9 Å². The van der Waals surface area contributed by atoms with E-state index in [0.29, 0.717) is 0 Å². The van der Waals surface area contributed by atoms with E-state index in [9.17, 15) is 13.0 Å². The van der Waals surface area contributed by atoms with Gasteiger partial charge in [0.1, 0.15) is 0 Å². The van der Waals surface area contributed by atoms with Crippen LogP contribution >= 0.6 is 6.46 Å². The van der Waals surface area contributed by atoms with Gasteiger partial charge in [-0.05, 0) is 0 Å². The van der Waals surface area contributed by atoms with E-state index in [1.165, 1.54) is 19.3 Å². The third kappa shape index (κ3) is 7.11. The van der Waals surface area contributed by atoms with Gasteiger partial charge < -0.3 is 0 Å². The third-order valence-corrected chi connectivity index (χ3v) is 22.0. The minimum atomic E-state index is -4.14. The van der Waals surface area contributed by atoms with E-state index < -0.39 is 16.2 Å². The fraction of sp³-hybridized carbons (Fsp3) is 0.613. The number of benzene rings is 2. The Kier molecular flexibility index (Phi) is 12.3. The van der Waals surface area contributed by atoms with Crippen molar-refractivity contribution in [2.75, 3.05) is 5.73 Å². The van der Waals surface area contributed by atoms with E-state index >= 15 is 0 Å². The minimum absolute atomic E-state index is 0. The maximum atomic E-state index is 12.9. The van der Waals surface area contributed by atoms with Crippen LogP contribution in [0.1, 0.15) is 104 Å². The number of hydrogen-bond donors (Lipinski definition) is 1. The van der Waals surface area contributed by atoms with Gasteiger partial charge in [-0.2, -0.15) is 0 Å². The molecular weight excluding hydrogens is 604 g/mol. The van der Waals surface area contributed by atoms with Crippen molar-refractivity contribution in [3.63, 3.8) is 0 Å². The van der Waals surface area contributed by atoms with Crippen LogP contribution in [-0.4, -0.2) is 29.9 Å². The van der Waals surface area contributed by atoms with Gasteiger partial charge in [-0.25, -0.2) is 0 Å². The van der Waals surface area contributed by atoms with Gasteiger partial charge in [-0.3, -0.25) is 0 Å². The summed E-state index contributed by atoms with van der Waals surface area (Å²) < 4.78 is 39.7. The van der Waals surface area contributed by atoms with Crippen LogP contribution in [0.3, 0.4) is 0 Å². The molecule has 2 aromatic carbocycles. The molecule has 7 heteroatoms. The van der Waals surface area contributed by atoms with Gasteiger partial charge in [0.05, 0.1) is 0 Å². The van der Waals surface area contributed by atoms with Gasteiger partial charge in [0, 0.05) is 0 Å². The van der Waals surface area contributed by atoms with Crippen LogP contribution < -0.4 is 9.77 Å². The van der Waals surface area contributed by atoms with Gasteiger partial charge in [0.15, 0.2) is 0 Å². The average Bonchev–Trinajstić information content (AvgIpc) is 2.91. The van der Waals surface area contributed by atoms with Gasteiger partial charge in [0.2, 0.25) is 0 Å². The zero-order valence-electron chi connectivity index (χ0n) is 22.0. The van der Waals surface area contributed by atoms with Crippen molar-refractivity contribution in [3.8, 4) is 11.1 Å². The van der Waals surface area contributed by atoms with E-state index in [0.717, 1.165) is 97.9 Å². The Morgan fingerprint density at radius 3 is 1.39 bits per heavy atom. The van der Waals surface area contributed by atoms with E-state index in [-0.39, 0.29) is 24.4 Å². The fourth-order valence-corrected chi connectivity index (χ4v) is 21.1.